The van der Waals surface area contributed by atoms with Crippen LogP contribution in [0.25, 0.3) is 0 Å². The van der Waals surface area contributed by atoms with Gasteiger partial charge in [0.15, 0.2) is 0 Å². The summed E-state index contributed by atoms with van der Waals surface area (Å²) in [6, 6.07) is 9.23. The molecule has 0 aromatic heterocycles. The molecule has 2 fully saturated rings. The Morgan fingerprint density at radius 2 is 1.86 bits per heavy atom. The van der Waals surface area contributed by atoms with Crippen LogP contribution in [0.15, 0.2) is 24.3 Å². The topological polar surface area (TPSA) is 35.9 Å². The molecule has 2 unspecified atom stereocenters. The van der Waals surface area contributed by atoms with Crippen LogP contribution in [0.5, 0.6) is 0 Å². The van der Waals surface area contributed by atoms with Gasteiger partial charge in [0, 0.05) is 31.4 Å². The van der Waals surface area contributed by atoms with Crippen LogP contribution in [0.4, 0.5) is 5.69 Å². The van der Waals surface area contributed by atoms with E-state index in [0.29, 0.717) is 6.04 Å². The van der Waals surface area contributed by atoms with E-state index >= 15 is 0 Å². The Labute approximate surface area is 133 Å². The minimum absolute atomic E-state index is 0.243. The van der Waals surface area contributed by atoms with E-state index in [1.807, 2.05) is 6.92 Å². The summed E-state index contributed by atoms with van der Waals surface area (Å²) in [6.07, 6.45) is 3.36. The molecule has 122 valence electrons. The molecule has 0 radical (unpaired) electrons. The first-order valence-corrected chi connectivity index (χ1v) is 8.58. The minimum Gasteiger partial charge on any atom is -0.392 e. The van der Waals surface area contributed by atoms with Crippen molar-refractivity contribution >= 4 is 5.69 Å². The molecule has 0 bridgehead atoms. The predicted octanol–water partition coefficient (Wildman–Crippen LogP) is 2.26. The van der Waals surface area contributed by atoms with Crippen LogP contribution < -0.4 is 4.90 Å². The predicted molar refractivity (Wildman–Crippen MR) is 89.2 cm³/mol. The molecule has 0 aliphatic carbocycles. The van der Waals surface area contributed by atoms with Gasteiger partial charge in [0.25, 0.3) is 0 Å². The highest BCUT2D eigenvalue weighted by molar-refractivity contribution is 5.47. The van der Waals surface area contributed by atoms with Crippen LogP contribution in [0.3, 0.4) is 0 Å². The van der Waals surface area contributed by atoms with Crippen LogP contribution in [-0.2, 0) is 11.3 Å². The zero-order chi connectivity index (χ0) is 15.4. The van der Waals surface area contributed by atoms with Gasteiger partial charge in [-0.1, -0.05) is 18.6 Å². The summed E-state index contributed by atoms with van der Waals surface area (Å²) in [7, 11) is 0. The molecule has 2 atom stereocenters. The first-order valence-electron chi connectivity index (χ1n) is 8.58. The lowest BCUT2D eigenvalue weighted by Gasteiger charge is -2.37. The van der Waals surface area contributed by atoms with Crippen LogP contribution in [0, 0.1) is 0 Å². The van der Waals surface area contributed by atoms with Gasteiger partial charge in [0.05, 0.1) is 19.3 Å². The van der Waals surface area contributed by atoms with Gasteiger partial charge in [0.2, 0.25) is 0 Å². The number of aliphatic hydroxyl groups excluding tert-OH is 1. The number of anilines is 1. The van der Waals surface area contributed by atoms with Gasteiger partial charge >= 0.3 is 0 Å². The molecule has 2 aliphatic rings. The number of hydrogen-bond donors (Lipinski definition) is 1. The highest BCUT2D eigenvalue weighted by Gasteiger charge is 2.26. The number of hydrogen-bond acceptors (Lipinski definition) is 4. The number of nitrogens with zero attached hydrogens (tertiary/aromatic N) is 2. The van der Waals surface area contributed by atoms with Gasteiger partial charge in [-0.2, -0.15) is 0 Å². The summed E-state index contributed by atoms with van der Waals surface area (Å²) in [5.74, 6) is 0. The maximum atomic E-state index is 9.98. The molecule has 0 amide bonds. The van der Waals surface area contributed by atoms with Gasteiger partial charge in [-0.15, -0.1) is 0 Å². The second kappa shape index (κ2) is 7.44. The Hall–Kier alpha value is -1.10. The highest BCUT2D eigenvalue weighted by atomic mass is 16.5. The maximum Gasteiger partial charge on any atom is 0.0667 e. The van der Waals surface area contributed by atoms with E-state index in [0.717, 1.165) is 45.8 Å². The van der Waals surface area contributed by atoms with Crippen molar-refractivity contribution in [1.29, 1.82) is 0 Å². The second-order valence-electron chi connectivity index (χ2n) is 6.54. The van der Waals surface area contributed by atoms with Crippen molar-refractivity contribution in [3.05, 3.63) is 29.8 Å². The number of rotatable bonds is 4. The van der Waals surface area contributed by atoms with Crippen LogP contribution in [-0.4, -0.2) is 55.0 Å². The fourth-order valence-electron chi connectivity index (χ4n) is 3.63. The molecule has 2 saturated heterocycles. The molecule has 1 aromatic rings. The average molecular weight is 304 g/mol. The van der Waals surface area contributed by atoms with Crippen molar-refractivity contribution in [2.75, 3.05) is 37.7 Å². The fraction of sp³-hybridized carbons (Fsp3) is 0.667. The number of ether oxygens (including phenoxy) is 1. The molecule has 2 heterocycles. The molecule has 0 spiro atoms. The number of likely N-dealkylation sites (tertiary alicyclic amines) is 1. The Morgan fingerprint density at radius 1 is 1.14 bits per heavy atom. The van der Waals surface area contributed by atoms with Crippen LogP contribution in [0.1, 0.15) is 31.7 Å². The lowest BCUT2D eigenvalue weighted by Crippen LogP contribution is -2.45. The third-order valence-corrected chi connectivity index (χ3v) is 4.92. The third-order valence-electron chi connectivity index (χ3n) is 4.92. The van der Waals surface area contributed by atoms with Crippen molar-refractivity contribution < 1.29 is 9.84 Å². The molecule has 4 nitrogen and oxygen atoms in total. The van der Waals surface area contributed by atoms with Gasteiger partial charge in [-0.3, -0.25) is 4.90 Å². The molecule has 1 aromatic carbocycles. The van der Waals surface area contributed by atoms with Gasteiger partial charge in [-0.05, 0) is 44.0 Å². The summed E-state index contributed by atoms with van der Waals surface area (Å²) >= 11 is 0. The molecule has 3 rings (SSSR count). The molecule has 22 heavy (non-hydrogen) atoms. The van der Waals surface area contributed by atoms with E-state index in [1.165, 1.54) is 24.1 Å². The fourth-order valence-corrected chi connectivity index (χ4v) is 3.63. The lowest BCUT2D eigenvalue weighted by molar-refractivity contribution is 0.0317. The monoisotopic (exact) mass is 304 g/mol. The first kappa shape index (κ1) is 15.8. The Bertz CT molecular complexity index is 455. The van der Waals surface area contributed by atoms with Gasteiger partial charge < -0.3 is 14.7 Å². The van der Waals surface area contributed by atoms with E-state index in [2.05, 4.69) is 34.1 Å². The maximum absolute atomic E-state index is 9.98. The van der Waals surface area contributed by atoms with Crippen LogP contribution in [0.2, 0.25) is 0 Å². The Kier molecular flexibility index (Phi) is 5.34. The summed E-state index contributed by atoms with van der Waals surface area (Å²) < 4.78 is 5.41. The number of morpholine rings is 1. The van der Waals surface area contributed by atoms with E-state index in [4.69, 9.17) is 4.74 Å². The Morgan fingerprint density at radius 3 is 2.55 bits per heavy atom. The first-order chi connectivity index (χ1) is 10.7. The van der Waals surface area contributed by atoms with E-state index in [9.17, 15) is 5.11 Å². The standard InChI is InChI=1S/C18H28N2O2/c1-15(21)18-4-2-3-9-20(18)14-16-5-7-17(8-6-16)19-10-12-22-13-11-19/h5-8,15,18,21H,2-4,9-14H2,1H3. The molecular weight excluding hydrogens is 276 g/mol. The SMILES string of the molecule is CC(O)C1CCCCN1Cc1ccc(N2CCOCC2)cc1. The average Bonchev–Trinajstić information content (AvgIpc) is 2.57. The van der Waals surface area contributed by atoms with Crippen molar-refractivity contribution in [3.63, 3.8) is 0 Å². The number of aliphatic hydroxyl groups is 1. The van der Waals surface area contributed by atoms with E-state index < -0.39 is 0 Å². The summed E-state index contributed by atoms with van der Waals surface area (Å²) in [5, 5.41) is 9.98. The van der Waals surface area contributed by atoms with Crippen molar-refractivity contribution in [2.24, 2.45) is 0 Å². The highest BCUT2D eigenvalue weighted by Crippen LogP contribution is 2.23. The minimum atomic E-state index is -0.243. The largest absolute Gasteiger partial charge is 0.392 e. The second-order valence-corrected chi connectivity index (χ2v) is 6.54. The van der Waals surface area contributed by atoms with Crippen LogP contribution >= 0.6 is 0 Å². The molecule has 0 saturated carbocycles. The Balaban J connectivity index is 1.62. The summed E-state index contributed by atoms with van der Waals surface area (Å²) in [4.78, 5) is 4.82. The van der Waals surface area contributed by atoms with Gasteiger partial charge in [0.1, 0.15) is 0 Å². The zero-order valence-electron chi connectivity index (χ0n) is 13.6. The van der Waals surface area contributed by atoms with Crippen molar-refractivity contribution in [2.45, 2.75) is 44.9 Å². The van der Waals surface area contributed by atoms with Crippen molar-refractivity contribution in [3.8, 4) is 0 Å². The number of benzene rings is 1. The number of piperidine rings is 1. The lowest BCUT2D eigenvalue weighted by atomic mass is 9.97. The van der Waals surface area contributed by atoms with E-state index in [-0.39, 0.29) is 6.10 Å². The summed E-state index contributed by atoms with van der Waals surface area (Å²) in [6.45, 7) is 7.58. The normalized spacial score (nSPS) is 25.2. The van der Waals surface area contributed by atoms with Gasteiger partial charge in [-0.25, -0.2) is 0 Å². The quantitative estimate of drug-likeness (QED) is 0.925. The molecule has 2 aliphatic heterocycles. The molecule has 4 heteroatoms. The third kappa shape index (κ3) is 3.80. The molecular formula is C18H28N2O2. The smallest absolute Gasteiger partial charge is 0.0667 e. The molecule has 1 N–H and O–H groups in total. The summed E-state index contributed by atoms with van der Waals surface area (Å²) in [5.41, 5.74) is 2.63. The van der Waals surface area contributed by atoms with E-state index in [1.54, 1.807) is 0 Å². The van der Waals surface area contributed by atoms with Crippen molar-refractivity contribution in [1.82, 2.24) is 4.90 Å². The zero-order valence-corrected chi connectivity index (χ0v) is 13.6.